The van der Waals surface area contributed by atoms with Gasteiger partial charge in [-0.15, -0.1) is 0 Å². The molecule has 0 saturated carbocycles. The number of hydrogen-bond acceptors (Lipinski definition) is 4. The molecule has 0 bridgehead atoms. The first-order valence-corrected chi connectivity index (χ1v) is 7.03. The van der Waals surface area contributed by atoms with Crippen LogP contribution in [0.2, 0.25) is 0 Å². The number of β-amino-alcohol motifs (C(OH)–C–C–N with tert-alkyl or cyclic N) is 1. The molecule has 0 spiro atoms. The summed E-state index contributed by atoms with van der Waals surface area (Å²) in [5.41, 5.74) is 0. The van der Waals surface area contributed by atoms with Crippen LogP contribution in [0.25, 0.3) is 0 Å². The lowest BCUT2D eigenvalue weighted by Gasteiger charge is -2.32. The van der Waals surface area contributed by atoms with Gasteiger partial charge in [-0.3, -0.25) is 0 Å². The summed E-state index contributed by atoms with van der Waals surface area (Å²) in [6.45, 7) is 1.55. The zero-order valence-corrected chi connectivity index (χ0v) is 12.0. The van der Waals surface area contributed by atoms with Gasteiger partial charge in [0.2, 0.25) is 0 Å². The largest absolute Gasteiger partial charge is 0.480 e. The smallest absolute Gasteiger partial charge is 0.326 e. The number of amides is 2. The van der Waals surface area contributed by atoms with Gasteiger partial charge in [-0.25, -0.2) is 9.59 Å². The second-order valence-corrected chi connectivity index (χ2v) is 5.93. The van der Waals surface area contributed by atoms with Gasteiger partial charge in [0.1, 0.15) is 6.04 Å². The number of carbonyl (C=O) groups is 2. The van der Waals surface area contributed by atoms with E-state index in [4.69, 9.17) is 0 Å². The number of carboxylic acid groups (broad SMARTS) is 1. The summed E-state index contributed by atoms with van der Waals surface area (Å²) in [4.78, 5) is 28.9. The Bertz CT molecular complexity index is 388. The minimum Gasteiger partial charge on any atom is -0.480 e. The number of rotatable bonds is 3. The Hall–Kier alpha value is -1.34. The van der Waals surface area contributed by atoms with Gasteiger partial charge in [0.25, 0.3) is 0 Å². The van der Waals surface area contributed by atoms with Gasteiger partial charge in [0.15, 0.2) is 0 Å². The molecule has 2 amide bonds. The molecule has 2 aliphatic heterocycles. The lowest BCUT2D eigenvalue weighted by Crippen LogP contribution is -2.51. The molecule has 7 nitrogen and oxygen atoms in total. The van der Waals surface area contributed by atoms with Crippen LogP contribution in [-0.2, 0) is 4.79 Å². The third-order valence-electron chi connectivity index (χ3n) is 4.01. The molecule has 0 aromatic carbocycles. The molecule has 114 valence electrons. The molecule has 3 atom stereocenters. The number of urea groups is 1. The molecule has 7 heteroatoms. The van der Waals surface area contributed by atoms with Crippen molar-refractivity contribution in [1.82, 2.24) is 14.7 Å². The number of carboxylic acids is 1. The summed E-state index contributed by atoms with van der Waals surface area (Å²) >= 11 is 0. The fourth-order valence-corrected chi connectivity index (χ4v) is 3.12. The summed E-state index contributed by atoms with van der Waals surface area (Å²) in [5, 5.41) is 18.8. The van der Waals surface area contributed by atoms with Crippen molar-refractivity contribution in [2.75, 3.05) is 33.7 Å². The van der Waals surface area contributed by atoms with Gasteiger partial charge in [-0.1, -0.05) is 0 Å². The van der Waals surface area contributed by atoms with Gasteiger partial charge in [-0.05, 0) is 26.9 Å². The van der Waals surface area contributed by atoms with E-state index in [1.807, 2.05) is 19.0 Å². The van der Waals surface area contributed by atoms with Gasteiger partial charge in [0, 0.05) is 32.1 Å². The van der Waals surface area contributed by atoms with E-state index in [-0.39, 0.29) is 25.0 Å². The Balaban J connectivity index is 2.07. The first-order valence-electron chi connectivity index (χ1n) is 7.03. The molecule has 2 aliphatic rings. The Morgan fingerprint density at radius 2 is 2.00 bits per heavy atom. The SMILES string of the molecule is CN(C)CC1CCCN1C(=O)N1C[C@H](O)C[C@H]1C(=O)O. The third-order valence-corrected chi connectivity index (χ3v) is 4.01. The highest BCUT2D eigenvalue weighted by Crippen LogP contribution is 2.25. The number of likely N-dealkylation sites (tertiary alicyclic amines) is 2. The monoisotopic (exact) mass is 285 g/mol. The number of aliphatic hydroxyl groups excluding tert-OH is 1. The van der Waals surface area contributed by atoms with Crippen molar-refractivity contribution in [2.45, 2.75) is 37.5 Å². The number of likely N-dealkylation sites (N-methyl/N-ethyl adjacent to an activating group) is 1. The molecule has 2 rings (SSSR count). The summed E-state index contributed by atoms with van der Waals surface area (Å²) in [6, 6.07) is -1.03. The van der Waals surface area contributed by atoms with Gasteiger partial charge in [0.05, 0.1) is 6.10 Å². The quantitative estimate of drug-likeness (QED) is 0.740. The van der Waals surface area contributed by atoms with Crippen molar-refractivity contribution in [3.8, 4) is 0 Å². The molecule has 2 saturated heterocycles. The Morgan fingerprint density at radius 3 is 2.60 bits per heavy atom. The zero-order valence-electron chi connectivity index (χ0n) is 12.0. The van der Waals surface area contributed by atoms with E-state index in [1.54, 1.807) is 4.90 Å². The number of aliphatic carboxylic acids is 1. The molecule has 2 N–H and O–H groups in total. The van der Waals surface area contributed by atoms with E-state index in [1.165, 1.54) is 4.90 Å². The second-order valence-electron chi connectivity index (χ2n) is 5.93. The molecule has 0 aromatic heterocycles. The van der Waals surface area contributed by atoms with Crippen molar-refractivity contribution < 1.29 is 19.8 Å². The van der Waals surface area contributed by atoms with E-state index in [9.17, 15) is 19.8 Å². The standard InChI is InChI=1S/C13H23N3O4/c1-14(2)7-9-4-3-5-15(9)13(20)16-8-10(17)6-11(16)12(18)19/h9-11,17H,3-8H2,1-2H3,(H,18,19)/t9?,10-,11+/m1/s1. The molecule has 0 radical (unpaired) electrons. The summed E-state index contributed by atoms with van der Waals surface area (Å²) in [7, 11) is 3.92. The summed E-state index contributed by atoms with van der Waals surface area (Å²) in [5.74, 6) is -1.04. The third kappa shape index (κ3) is 3.04. The van der Waals surface area contributed by atoms with Crippen LogP contribution in [0.5, 0.6) is 0 Å². The van der Waals surface area contributed by atoms with Crippen LogP contribution in [0.3, 0.4) is 0 Å². The molecule has 2 fully saturated rings. The lowest BCUT2D eigenvalue weighted by molar-refractivity contribution is -0.141. The average Bonchev–Trinajstić information content (AvgIpc) is 2.94. The zero-order chi connectivity index (χ0) is 14.9. The average molecular weight is 285 g/mol. The highest BCUT2D eigenvalue weighted by atomic mass is 16.4. The van der Waals surface area contributed by atoms with Crippen molar-refractivity contribution in [3.05, 3.63) is 0 Å². The molecule has 0 aromatic rings. The van der Waals surface area contributed by atoms with Crippen LogP contribution in [0.4, 0.5) is 4.79 Å². The number of hydrogen-bond donors (Lipinski definition) is 2. The minimum atomic E-state index is -1.04. The molecule has 1 unspecified atom stereocenters. The van der Waals surface area contributed by atoms with E-state index in [2.05, 4.69) is 0 Å². The molecule has 20 heavy (non-hydrogen) atoms. The summed E-state index contributed by atoms with van der Waals surface area (Å²) in [6.07, 6.45) is 1.26. The molecular weight excluding hydrogens is 262 g/mol. The second kappa shape index (κ2) is 5.97. The number of aliphatic hydroxyl groups is 1. The Morgan fingerprint density at radius 1 is 1.30 bits per heavy atom. The fourth-order valence-electron chi connectivity index (χ4n) is 3.12. The topological polar surface area (TPSA) is 84.3 Å². The van der Waals surface area contributed by atoms with E-state index < -0.39 is 18.1 Å². The highest BCUT2D eigenvalue weighted by molar-refractivity contribution is 5.83. The molecule has 2 heterocycles. The first-order chi connectivity index (χ1) is 9.40. The predicted octanol–water partition coefficient (Wildman–Crippen LogP) is -0.348. The normalized spacial score (nSPS) is 30.3. The van der Waals surface area contributed by atoms with Gasteiger partial charge < -0.3 is 24.9 Å². The highest BCUT2D eigenvalue weighted by Gasteiger charge is 2.42. The van der Waals surface area contributed by atoms with E-state index >= 15 is 0 Å². The van der Waals surface area contributed by atoms with Crippen LogP contribution in [0.15, 0.2) is 0 Å². The van der Waals surface area contributed by atoms with E-state index in [0.717, 1.165) is 19.4 Å². The Labute approximate surface area is 118 Å². The van der Waals surface area contributed by atoms with E-state index in [0.29, 0.717) is 6.54 Å². The minimum absolute atomic E-state index is 0.112. The van der Waals surface area contributed by atoms with Gasteiger partial charge >= 0.3 is 12.0 Å². The first kappa shape index (κ1) is 15.1. The van der Waals surface area contributed by atoms with Crippen molar-refractivity contribution in [3.63, 3.8) is 0 Å². The van der Waals surface area contributed by atoms with Crippen LogP contribution in [-0.4, -0.2) is 88.8 Å². The van der Waals surface area contributed by atoms with Crippen molar-refractivity contribution in [1.29, 1.82) is 0 Å². The Kier molecular flexibility index (Phi) is 4.49. The number of nitrogens with zero attached hydrogens (tertiary/aromatic N) is 3. The van der Waals surface area contributed by atoms with Crippen LogP contribution < -0.4 is 0 Å². The maximum absolute atomic E-state index is 12.6. The maximum Gasteiger partial charge on any atom is 0.326 e. The van der Waals surface area contributed by atoms with Crippen LogP contribution >= 0.6 is 0 Å². The predicted molar refractivity (Wildman–Crippen MR) is 72.4 cm³/mol. The fraction of sp³-hybridized carbons (Fsp3) is 0.846. The van der Waals surface area contributed by atoms with Gasteiger partial charge in [-0.2, -0.15) is 0 Å². The number of carbonyl (C=O) groups excluding carboxylic acids is 1. The lowest BCUT2D eigenvalue weighted by atomic mass is 10.2. The van der Waals surface area contributed by atoms with Crippen LogP contribution in [0.1, 0.15) is 19.3 Å². The van der Waals surface area contributed by atoms with Crippen molar-refractivity contribution >= 4 is 12.0 Å². The maximum atomic E-state index is 12.6. The summed E-state index contributed by atoms with van der Waals surface area (Å²) < 4.78 is 0. The molecule has 0 aliphatic carbocycles. The molecular formula is C13H23N3O4. The van der Waals surface area contributed by atoms with Crippen molar-refractivity contribution in [2.24, 2.45) is 0 Å². The van der Waals surface area contributed by atoms with Crippen LogP contribution in [0, 0.1) is 0 Å².